The zero-order valence-electron chi connectivity index (χ0n) is 8.45. The molecule has 1 aromatic rings. The number of carbonyl (C=O) groups excluding carboxylic acids is 1. The smallest absolute Gasteiger partial charge is 0.173 e. The molecular formula is C11H10BrNO2. The highest BCUT2D eigenvalue weighted by molar-refractivity contribution is 9.10. The molecule has 2 rings (SSSR count). The average Bonchev–Trinajstić information content (AvgIpc) is 2.24. The standard InChI is InChI=1S/C11H10BrNO2/c1-6-5-13-10-7(11(6)14)3-4-8(15-2)9(10)12/h3-6H,1-2H3. The Morgan fingerprint density at radius 3 is 2.87 bits per heavy atom. The average molecular weight is 268 g/mol. The molecule has 1 aromatic carbocycles. The van der Waals surface area contributed by atoms with Crippen LogP contribution < -0.4 is 4.74 Å². The third kappa shape index (κ3) is 1.59. The van der Waals surface area contributed by atoms with E-state index < -0.39 is 0 Å². The van der Waals surface area contributed by atoms with Crippen LogP contribution in [-0.2, 0) is 0 Å². The number of ether oxygens (including phenoxy) is 1. The third-order valence-corrected chi connectivity index (χ3v) is 3.17. The number of aliphatic imine (C=N–C) groups is 1. The maximum Gasteiger partial charge on any atom is 0.173 e. The quantitative estimate of drug-likeness (QED) is 0.785. The van der Waals surface area contributed by atoms with Crippen molar-refractivity contribution in [3.63, 3.8) is 0 Å². The largest absolute Gasteiger partial charge is 0.495 e. The summed E-state index contributed by atoms with van der Waals surface area (Å²) >= 11 is 3.38. The molecule has 0 bridgehead atoms. The van der Waals surface area contributed by atoms with Crippen LogP contribution >= 0.6 is 15.9 Å². The minimum absolute atomic E-state index is 0.100. The van der Waals surface area contributed by atoms with Crippen LogP contribution in [0, 0.1) is 5.92 Å². The lowest BCUT2D eigenvalue weighted by molar-refractivity contribution is 0.0962. The highest BCUT2D eigenvalue weighted by Crippen LogP contribution is 2.39. The monoisotopic (exact) mass is 267 g/mol. The van der Waals surface area contributed by atoms with Crippen LogP contribution in [0.5, 0.6) is 5.75 Å². The summed E-state index contributed by atoms with van der Waals surface area (Å²) < 4.78 is 5.88. The van der Waals surface area contributed by atoms with E-state index in [4.69, 9.17) is 4.74 Å². The van der Waals surface area contributed by atoms with Crippen molar-refractivity contribution in [2.75, 3.05) is 7.11 Å². The Hall–Kier alpha value is -1.16. The first-order chi connectivity index (χ1) is 7.15. The molecule has 78 valence electrons. The molecule has 0 spiro atoms. The van der Waals surface area contributed by atoms with Gasteiger partial charge in [0.2, 0.25) is 0 Å². The Bertz CT molecular complexity index is 454. The molecule has 0 fully saturated rings. The number of carbonyl (C=O) groups is 1. The van der Waals surface area contributed by atoms with Gasteiger partial charge in [-0.3, -0.25) is 9.79 Å². The molecule has 3 nitrogen and oxygen atoms in total. The first-order valence-corrected chi connectivity index (χ1v) is 5.39. The van der Waals surface area contributed by atoms with Gasteiger partial charge in [-0.25, -0.2) is 0 Å². The minimum Gasteiger partial charge on any atom is -0.495 e. The van der Waals surface area contributed by atoms with E-state index in [-0.39, 0.29) is 11.7 Å². The molecule has 0 amide bonds. The lowest BCUT2D eigenvalue weighted by atomic mass is 9.96. The molecule has 0 aromatic heterocycles. The van der Waals surface area contributed by atoms with Crippen molar-refractivity contribution in [2.24, 2.45) is 10.9 Å². The number of hydrogen-bond donors (Lipinski definition) is 0. The fourth-order valence-electron chi connectivity index (χ4n) is 1.53. The van der Waals surface area contributed by atoms with Gasteiger partial charge >= 0.3 is 0 Å². The van der Waals surface area contributed by atoms with Crippen LogP contribution in [0.1, 0.15) is 17.3 Å². The maximum atomic E-state index is 11.8. The summed E-state index contributed by atoms with van der Waals surface area (Å²) in [4.78, 5) is 16.1. The third-order valence-electron chi connectivity index (χ3n) is 2.41. The fraction of sp³-hybridized carbons (Fsp3) is 0.273. The van der Waals surface area contributed by atoms with E-state index in [2.05, 4.69) is 20.9 Å². The van der Waals surface area contributed by atoms with E-state index >= 15 is 0 Å². The molecule has 0 aliphatic carbocycles. The summed E-state index contributed by atoms with van der Waals surface area (Å²) in [6.45, 7) is 1.84. The summed E-state index contributed by atoms with van der Waals surface area (Å²) in [5, 5.41) is 0. The molecule has 0 N–H and O–H groups in total. The van der Waals surface area contributed by atoms with E-state index in [1.54, 1.807) is 25.5 Å². The van der Waals surface area contributed by atoms with E-state index in [1.165, 1.54) is 0 Å². The zero-order chi connectivity index (χ0) is 11.0. The molecule has 15 heavy (non-hydrogen) atoms. The second kappa shape index (κ2) is 3.77. The molecule has 1 atom stereocenters. The summed E-state index contributed by atoms with van der Waals surface area (Å²) in [5.74, 6) is 0.648. The van der Waals surface area contributed by atoms with Gasteiger partial charge < -0.3 is 4.74 Å². The van der Waals surface area contributed by atoms with Crippen molar-refractivity contribution < 1.29 is 9.53 Å². The van der Waals surface area contributed by atoms with Crippen LogP contribution in [0.4, 0.5) is 5.69 Å². The number of hydrogen-bond acceptors (Lipinski definition) is 3. The van der Waals surface area contributed by atoms with E-state index in [0.717, 1.165) is 4.47 Å². The Balaban J connectivity index is 2.63. The van der Waals surface area contributed by atoms with Gasteiger partial charge in [0, 0.05) is 11.8 Å². The number of halogens is 1. The molecule has 1 aliphatic rings. The summed E-state index contributed by atoms with van der Waals surface area (Å²) in [5.41, 5.74) is 1.31. The number of rotatable bonds is 1. The van der Waals surface area contributed by atoms with Crippen LogP contribution in [0.25, 0.3) is 0 Å². The summed E-state index contributed by atoms with van der Waals surface area (Å²) in [7, 11) is 1.59. The van der Waals surface area contributed by atoms with E-state index in [1.807, 2.05) is 6.92 Å². The number of nitrogens with zero attached hydrogens (tertiary/aromatic N) is 1. The first kappa shape index (κ1) is 10.4. The second-order valence-corrected chi connectivity index (χ2v) is 4.20. The van der Waals surface area contributed by atoms with Crippen LogP contribution in [0.15, 0.2) is 21.6 Å². The zero-order valence-corrected chi connectivity index (χ0v) is 10.0. The molecule has 1 heterocycles. The topological polar surface area (TPSA) is 38.7 Å². The molecule has 1 unspecified atom stereocenters. The highest BCUT2D eigenvalue weighted by Gasteiger charge is 2.23. The van der Waals surface area contributed by atoms with Crippen molar-refractivity contribution in [2.45, 2.75) is 6.92 Å². The Morgan fingerprint density at radius 1 is 1.47 bits per heavy atom. The molecular weight excluding hydrogens is 258 g/mol. The molecule has 0 saturated heterocycles. The van der Waals surface area contributed by atoms with Crippen LogP contribution in [-0.4, -0.2) is 19.1 Å². The van der Waals surface area contributed by atoms with Gasteiger partial charge in [0.05, 0.1) is 23.2 Å². The van der Waals surface area contributed by atoms with Gasteiger partial charge in [-0.1, -0.05) is 6.92 Å². The van der Waals surface area contributed by atoms with Crippen molar-refractivity contribution in [1.29, 1.82) is 0 Å². The van der Waals surface area contributed by atoms with Gasteiger partial charge in [-0.2, -0.15) is 0 Å². The van der Waals surface area contributed by atoms with E-state index in [9.17, 15) is 4.79 Å². The second-order valence-electron chi connectivity index (χ2n) is 3.41. The van der Waals surface area contributed by atoms with Crippen molar-refractivity contribution in [3.05, 3.63) is 22.2 Å². The van der Waals surface area contributed by atoms with E-state index in [0.29, 0.717) is 17.0 Å². The number of Topliss-reactive ketones (excluding diaryl/α,β-unsaturated/α-hetero) is 1. The van der Waals surface area contributed by atoms with Crippen molar-refractivity contribution in [3.8, 4) is 5.75 Å². The van der Waals surface area contributed by atoms with Crippen LogP contribution in [0.3, 0.4) is 0 Å². The number of fused-ring (bicyclic) bond motifs is 1. The fourth-order valence-corrected chi connectivity index (χ4v) is 2.14. The van der Waals surface area contributed by atoms with Gasteiger partial charge in [0.25, 0.3) is 0 Å². The summed E-state index contributed by atoms with van der Waals surface area (Å²) in [6.07, 6.45) is 1.66. The molecule has 0 saturated carbocycles. The Morgan fingerprint density at radius 2 is 2.20 bits per heavy atom. The lowest BCUT2D eigenvalue weighted by Gasteiger charge is -2.16. The predicted molar refractivity (Wildman–Crippen MR) is 62.3 cm³/mol. The van der Waals surface area contributed by atoms with Gasteiger partial charge in [0.1, 0.15) is 5.75 Å². The SMILES string of the molecule is COc1ccc2c(c1Br)N=CC(C)C2=O. The van der Waals surface area contributed by atoms with Crippen molar-refractivity contribution in [1.82, 2.24) is 0 Å². The maximum absolute atomic E-state index is 11.8. The van der Waals surface area contributed by atoms with Gasteiger partial charge in [-0.05, 0) is 28.1 Å². The molecule has 4 heteroatoms. The predicted octanol–water partition coefficient (Wildman–Crippen LogP) is 2.99. The van der Waals surface area contributed by atoms with Crippen LogP contribution in [0.2, 0.25) is 0 Å². The van der Waals surface area contributed by atoms with Gasteiger partial charge in [0.15, 0.2) is 5.78 Å². The number of benzene rings is 1. The Kier molecular flexibility index (Phi) is 2.61. The summed E-state index contributed by atoms with van der Waals surface area (Å²) in [6, 6.07) is 3.53. The molecule has 0 radical (unpaired) electrons. The van der Waals surface area contributed by atoms with Gasteiger partial charge in [-0.15, -0.1) is 0 Å². The minimum atomic E-state index is -0.141. The van der Waals surface area contributed by atoms with Crippen molar-refractivity contribution >= 4 is 33.6 Å². The Labute approximate surface area is 96.3 Å². The number of ketones is 1. The first-order valence-electron chi connectivity index (χ1n) is 4.60. The number of methoxy groups -OCH3 is 1. The highest BCUT2D eigenvalue weighted by atomic mass is 79.9. The normalized spacial score (nSPS) is 18.9. The lowest BCUT2D eigenvalue weighted by Crippen LogP contribution is -2.16. The molecule has 1 aliphatic heterocycles.